The number of carbonyl (C=O) groups excluding carboxylic acids is 1. The molecule has 168 valence electrons. The third kappa shape index (κ3) is 4.67. The molecular formula is C25H30FN5O. The SMILES string of the molecule is Cc1ccc(N2CCN(C)CC2)cc1C(=O)N[C@H](C)c1ccc(F)c(-c2cnn(C)c2)c1. The van der Waals surface area contributed by atoms with Gasteiger partial charge in [-0.25, -0.2) is 4.39 Å². The standard InChI is InChI=1S/C25H30FN5O/c1-17-5-7-21(31-11-9-29(3)10-12-31)14-22(17)25(32)28-18(2)19-6-8-24(26)23(13-19)20-15-27-30(4)16-20/h5-8,13-16,18H,9-12H2,1-4H3,(H,28,32)/t18-/m1/s1. The van der Waals surface area contributed by atoms with Crippen LogP contribution in [0.4, 0.5) is 10.1 Å². The molecule has 7 heteroatoms. The Balaban J connectivity index is 1.52. The lowest BCUT2D eigenvalue weighted by molar-refractivity contribution is 0.0939. The molecule has 0 radical (unpaired) electrons. The van der Waals surface area contributed by atoms with Crippen LogP contribution in [0, 0.1) is 12.7 Å². The predicted molar refractivity (Wildman–Crippen MR) is 125 cm³/mol. The van der Waals surface area contributed by atoms with Gasteiger partial charge in [0, 0.05) is 61.8 Å². The molecule has 4 rings (SSSR count). The van der Waals surface area contributed by atoms with Crippen molar-refractivity contribution in [3.63, 3.8) is 0 Å². The Hall–Kier alpha value is -3.19. The molecule has 0 unspecified atom stereocenters. The van der Waals surface area contributed by atoms with E-state index in [0.717, 1.165) is 43.0 Å². The average molecular weight is 436 g/mol. The molecule has 0 spiro atoms. The molecular weight excluding hydrogens is 405 g/mol. The van der Waals surface area contributed by atoms with E-state index in [4.69, 9.17) is 0 Å². The quantitative estimate of drug-likeness (QED) is 0.663. The fourth-order valence-electron chi connectivity index (χ4n) is 4.07. The Morgan fingerprint density at radius 1 is 1.09 bits per heavy atom. The van der Waals surface area contributed by atoms with Crippen LogP contribution < -0.4 is 10.2 Å². The predicted octanol–water partition coefficient (Wildman–Crippen LogP) is 3.78. The molecule has 0 bridgehead atoms. The molecule has 1 amide bonds. The van der Waals surface area contributed by atoms with E-state index >= 15 is 0 Å². The molecule has 1 aliphatic rings. The summed E-state index contributed by atoms with van der Waals surface area (Å²) in [6, 6.07) is 10.7. The highest BCUT2D eigenvalue weighted by atomic mass is 19.1. The lowest BCUT2D eigenvalue weighted by Crippen LogP contribution is -2.44. The van der Waals surface area contributed by atoms with Crippen molar-refractivity contribution in [2.24, 2.45) is 7.05 Å². The first-order valence-corrected chi connectivity index (χ1v) is 11.0. The van der Waals surface area contributed by atoms with Gasteiger partial charge in [-0.3, -0.25) is 9.48 Å². The monoisotopic (exact) mass is 435 g/mol. The molecule has 1 aliphatic heterocycles. The topological polar surface area (TPSA) is 53.4 Å². The zero-order chi connectivity index (χ0) is 22.8. The summed E-state index contributed by atoms with van der Waals surface area (Å²) >= 11 is 0. The van der Waals surface area contributed by atoms with Crippen LogP contribution in [0.3, 0.4) is 0 Å². The third-order valence-corrected chi connectivity index (χ3v) is 6.19. The van der Waals surface area contributed by atoms with Gasteiger partial charge in [-0.1, -0.05) is 12.1 Å². The van der Waals surface area contributed by atoms with E-state index in [1.165, 1.54) is 6.07 Å². The zero-order valence-electron chi connectivity index (χ0n) is 19.1. The Morgan fingerprint density at radius 2 is 1.84 bits per heavy atom. The summed E-state index contributed by atoms with van der Waals surface area (Å²) < 4.78 is 16.1. The minimum atomic E-state index is -0.309. The number of nitrogens with one attached hydrogen (secondary N) is 1. The Kier molecular flexibility index (Phi) is 6.28. The van der Waals surface area contributed by atoms with Crippen molar-refractivity contribution in [2.75, 3.05) is 38.1 Å². The first-order valence-electron chi connectivity index (χ1n) is 11.0. The summed E-state index contributed by atoms with van der Waals surface area (Å²) in [5.74, 6) is -0.436. The maximum Gasteiger partial charge on any atom is 0.252 e. The average Bonchev–Trinajstić information content (AvgIpc) is 3.21. The molecule has 1 aromatic heterocycles. The van der Waals surface area contributed by atoms with E-state index in [0.29, 0.717) is 16.7 Å². The molecule has 2 aromatic carbocycles. The number of amides is 1. The van der Waals surface area contributed by atoms with Gasteiger partial charge < -0.3 is 15.1 Å². The van der Waals surface area contributed by atoms with Crippen LogP contribution in [0.25, 0.3) is 11.1 Å². The maximum atomic E-state index is 14.4. The van der Waals surface area contributed by atoms with Gasteiger partial charge in [-0.05, 0) is 56.3 Å². The molecule has 1 fully saturated rings. The van der Waals surface area contributed by atoms with Crippen LogP contribution in [0.5, 0.6) is 0 Å². The molecule has 0 saturated carbocycles. The highest BCUT2D eigenvalue weighted by Gasteiger charge is 2.19. The van der Waals surface area contributed by atoms with Crippen LogP contribution in [-0.4, -0.2) is 53.8 Å². The third-order valence-electron chi connectivity index (χ3n) is 6.19. The molecule has 1 atom stereocenters. The van der Waals surface area contributed by atoms with Crippen LogP contribution in [-0.2, 0) is 7.05 Å². The highest BCUT2D eigenvalue weighted by Crippen LogP contribution is 2.27. The van der Waals surface area contributed by atoms with Crippen molar-refractivity contribution < 1.29 is 9.18 Å². The van der Waals surface area contributed by atoms with Gasteiger partial charge in [0.2, 0.25) is 0 Å². The lowest BCUT2D eigenvalue weighted by Gasteiger charge is -2.34. The van der Waals surface area contributed by atoms with Crippen molar-refractivity contribution in [1.82, 2.24) is 20.0 Å². The molecule has 1 saturated heterocycles. The number of aryl methyl sites for hydroxylation is 2. The summed E-state index contributed by atoms with van der Waals surface area (Å²) in [5, 5.41) is 7.22. The summed E-state index contributed by atoms with van der Waals surface area (Å²) in [6.45, 7) is 7.78. The van der Waals surface area contributed by atoms with E-state index in [1.807, 2.05) is 26.0 Å². The second-order valence-corrected chi connectivity index (χ2v) is 8.63. The minimum absolute atomic E-state index is 0.127. The summed E-state index contributed by atoms with van der Waals surface area (Å²) in [6.07, 6.45) is 3.41. The van der Waals surface area contributed by atoms with Crippen molar-refractivity contribution in [3.8, 4) is 11.1 Å². The number of benzene rings is 2. The number of likely N-dealkylation sites (N-methyl/N-ethyl adjacent to an activating group) is 1. The fourth-order valence-corrected chi connectivity index (χ4v) is 4.07. The lowest BCUT2D eigenvalue weighted by atomic mass is 10.0. The number of rotatable bonds is 5. The largest absolute Gasteiger partial charge is 0.369 e. The molecule has 32 heavy (non-hydrogen) atoms. The number of hydrogen-bond donors (Lipinski definition) is 1. The first-order chi connectivity index (χ1) is 15.3. The molecule has 6 nitrogen and oxygen atoms in total. The number of piperazine rings is 1. The van der Waals surface area contributed by atoms with Crippen molar-refractivity contribution in [2.45, 2.75) is 19.9 Å². The highest BCUT2D eigenvalue weighted by molar-refractivity contribution is 5.96. The van der Waals surface area contributed by atoms with Gasteiger partial charge in [-0.15, -0.1) is 0 Å². The van der Waals surface area contributed by atoms with Gasteiger partial charge in [0.15, 0.2) is 0 Å². The minimum Gasteiger partial charge on any atom is -0.369 e. The first kappa shape index (κ1) is 22.0. The van der Waals surface area contributed by atoms with E-state index in [-0.39, 0.29) is 17.8 Å². The van der Waals surface area contributed by atoms with Gasteiger partial charge in [-0.2, -0.15) is 5.10 Å². The van der Waals surface area contributed by atoms with Gasteiger partial charge in [0.1, 0.15) is 5.82 Å². The molecule has 2 heterocycles. The van der Waals surface area contributed by atoms with E-state index in [1.54, 1.807) is 36.3 Å². The van der Waals surface area contributed by atoms with Crippen LogP contribution >= 0.6 is 0 Å². The van der Waals surface area contributed by atoms with Crippen molar-refractivity contribution >= 4 is 11.6 Å². The van der Waals surface area contributed by atoms with Crippen molar-refractivity contribution in [3.05, 3.63) is 71.3 Å². The summed E-state index contributed by atoms with van der Waals surface area (Å²) in [5.41, 5.74) is 4.70. The number of halogens is 1. The van der Waals surface area contributed by atoms with Crippen LogP contribution in [0.15, 0.2) is 48.8 Å². The zero-order valence-corrected chi connectivity index (χ0v) is 19.1. The molecule has 1 N–H and O–H groups in total. The number of nitrogens with zero attached hydrogens (tertiary/aromatic N) is 4. The number of anilines is 1. The van der Waals surface area contributed by atoms with E-state index in [2.05, 4.69) is 33.3 Å². The summed E-state index contributed by atoms with van der Waals surface area (Å²) in [7, 11) is 3.93. The van der Waals surface area contributed by atoms with Crippen LogP contribution in [0.1, 0.15) is 34.5 Å². The van der Waals surface area contributed by atoms with Crippen molar-refractivity contribution in [1.29, 1.82) is 0 Å². The van der Waals surface area contributed by atoms with Gasteiger partial charge in [0.05, 0.1) is 12.2 Å². The Bertz CT molecular complexity index is 1120. The second-order valence-electron chi connectivity index (χ2n) is 8.63. The van der Waals surface area contributed by atoms with Gasteiger partial charge >= 0.3 is 0 Å². The maximum absolute atomic E-state index is 14.4. The number of carbonyl (C=O) groups is 1. The van der Waals surface area contributed by atoms with E-state index in [9.17, 15) is 9.18 Å². The summed E-state index contributed by atoms with van der Waals surface area (Å²) in [4.78, 5) is 17.8. The number of aromatic nitrogens is 2. The van der Waals surface area contributed by atoms with Gasteiger partial charge in [0.25, 0.3) is 5.91 Å². The van der Waals surface area contributed by atoms with Crippen LogP contribution in [0.2, 0.25) is 0 Å². The fraction of sp³-hybridized carbons (Fsp3) is 0.360. The molecule has 0 aliphatic carbocycles. The smallest absolute Gasteiger partial charge is 0.252 e. The molecule has 3 aromatic rings. The Labute approximate surface area is 188 Å². The number of hydrogen-bond acceptors (Lipinski definition) is 4. The Morgan fingerprint density at radius 3 is 2.53 bits per heavy atom. The normalized spacial score (nSPS) is 15.6. The second kappa shape index (κ2) is 9.12. The van der Waals surface area contributed by atoms with E-state index < -0.39 is 0 Å².